The molecule has 1 amide bonds. The molecule has 1 N–H and O–H groups in total. The summed E-state index contributed by atoms with van der Waals surface area (Å²) in [5, 5.41) is 2.99. The van der Waals surface area contributed by atoms with Gasteiger partial charge >= 0.3 is 0 Å². The molecule has 1 fully saturated rings. The Hall–Kier alpha value is -3.50. The van der Waals surface area contributed by atoms with Crippen molar-refractivity contribution < 1.29 is 4.79 Å². The highest BCUT2D eigenvalue weighted by Crippen LogP contribution is 2.33. The fourth-order valence-electron chi connectivity index (χ4n) is 4.98. The second-order valence-electron chi connectivity index (χ2n) is 9.46. The molecule has 1 aliphatic rings. The van der Waals surface area contributed by atoms with Crippen LogP contribution in [0.3, 0.4) is 0 Å². The first-order chi connectivity index (χ1) is 17.8. The van der Waals surface area contributed by atoms with Crippen molar-refractivity contribution in [2.75, 3.05) is 19.6 Å². The van der Waals surface area contributed by atoms with Crippen molar-refractivity contribution in [2.24, 2.45) is 5.92 Å². The van der Waals surface area contributed by atoms with Crippen LogP contribution in [0.15, 0.2) is 103 Å². The second-order valence-corrected chi connectivity index (χ2v) is 9.46. The molecule has 4 nitrogen and oxygen atoms in total. The van der Waals surface area contributed by atoms with Crippen molar-refractivity contribution >= 4 is 12.0 Å². The number of nitrogens with one attached hydrogen (secondary N) is 1. The molecule has 4 rings (SSSR count). The zero-order valence-electron chi connectivity index (χ0n) is 21.0. The van der Waals surface area contributed by atoms with Crippen LogP contribution in [0.5, 0.6) is 0 Å². The van der Waals surface area contributed by atoms with Gasteiger partial charge < -0.3 is 5.32 Å². The van der Waals surface area contributed by atoms with Crippen LogP contribution in [0.1, 0.15) is 55.0 Å². The summed E-state index contributed by atoms with van der Waals surface area (Å²) in [7, 11) is 0. The Morgan fingerprint density at radius 3 is 2.19 bits per heavy atom. The number of hydrogen-bond acceptors (Lipinski definition) is 3. The maximum atomic E-state index is 12.0. The van der Waals surface area contributed by atoms with E-state index < -0.39 is 0 Å². The maximum absolute atomic E-state index is 12.0. The van der Waals surface area contributed by atoms with Crippen LogP contribution in [0.4, 0.5) is 0 Å². The fraction of sp³-hybridized carbons (Fsp3) is 0.312. The molecule has 0 saturated carbocycles. The first-order valence-corrected chi connectivity index (χ1v) is 13.2. The third-order valence-corrected chi connectivity index (χ3v) is 6.90. The maximum Gasteiger partial charge on any atom is 0.243 e. The van der Waals surface area contributed by atoms with Gasteiger partial charge in [0.1, 0.15) is 0 Å². The molecule has 0 atom stereocenters. The molecule has 1 saturated heterocycles. The van der Waals surface area contributed by atoms with Gasteiger partial charge in [-0.25, -0.2) is 0 Å². The van der Waals surface area contributed by atoms with E-state index in [1.807, 2.05) is 30.4 Å². The van der Waals surface area contributed by atoms with Gasteiger partial charge in [-0.1, -0.05) is 91.7 Å². The average Bonchev–Trinajstić information content (AvgIpc) is 2.94. The molecule has 0 radical (unpaired) electrons. The van der Waals surface area contributed by atoms with E-state index in [0.717, 1.165) is 44.1 Å². The third-order valence-electron chi connectivity index (χ3n) is 6.90. The summed E-state index contributed by atoms with van der Waals surface area (Å²) in [6.45, 7) is 3.00. The van der Waals surface area contributed by atoms with E-state index in [1.54, 1.807) is 18.3 Å². The Kier molecular flexibility index (Phi) is 10.1. The Morgan fingerprint density at radius 1 is 0.889 bits per heavy atom. The number of benzene rings is 2. The van der Waals surface area contributed by atoms with E-state index in [4.69, 9.17) is 0 Å². The minimum Gasteiger partial charge on any atom is -0.353 e. The lowest BCUT2D eigenvalue weighted by Gasteiger charge is -2.38. The smallest absolute Gasteiger partial charge is 0.243 e. The number of carbonyl (C=O) groups is 1. The number of allylic oxidation sites excluding steroid dienone is 2. The Morgan fingerprint density at radius 2 is 1.56 bits per heavy atom. The summed E-state index contributed by atoms with van der Waals surface area (Å²) in [6, 6.07) is 27.9. The molecule has 186 valence electrons. The van der Waals surface area contributed by atoms with Gasteiger partial charge in [0.2, 0.25) is 5.91 Å². The van der Waals surface area contributed by atoms with Gasteiger partial charge in [0.25, 0.3) is 0 Å². The van der Waals surface area contributed by atoms with Gasteiger partial charge in [-0.3, -0.25) is 14.7 Å². The molecule has 0 unspecified atom stereocenters. The van der Waals surface area contributed by atoms with E-state index in [1.165, 1.54) is 30.4 Å². The minimum absolute atomic E-state index is 0.0400. The predicted octanol–water partition coefficient (Wildman–Crippen LogP) is 6.44. The summed E-state index contributed by atoms with van der Waals surface area (Å²) < 4.78 is 0. The predicted molar refractivity (Wildman–Crippen MR) is 148 cm³/mol. The molecule has 3 aromatic rings. The summed E-state index contributed by atoms with van der Waals surface area (Å²) in [5.74, 6) is 0.739. The van der Waals surface area contributed by atoms with Gasteiger partial charge in [-0.2, -0.15) is 0 Å². The second kappa shape index (κ2) is 14.2. The standard InChI is InChI=1S/C32H37N3O/c36-31(20-8-7-18-30-19-10-12-23-33-30)34-24-11-9-13-27-21-25-35(26-22-27)32(28-14-3-1-4-15-28)29-16-5-2-6-17-29/h1-8,10,12,14-20,23,27,32H,9,11,13,21-22,24-26H2,(H,34,36). The number of nitrogens with zero attached hydrogens (tertiary/aromatic N) is 2. The van der Waals surface area contributed by atoms with Crippen LogP contribution in [-0.2, 0) is 4.79 Å². The van der Waals surface area contributed by atoms with E-state index in [-0.39, 0.29) is 5.91 Å². The van der Waals surface area contributed by atoms with E-state index in [0.29, 0.717) is 6.04 Å². The van der Waals surface area contributed by atoms with Crippen molar-refractivity contribution in [3.05, 3.63) is 120 Å². The van der Waals surface area contributed by atoms with Gasteiger partial charge in [0, 0.05) is 18.8 Å². The van der Waals surface area contributed by atoms with Crippen molar-refractivity contribution in [3.63, 3.8) is 0 Å². The molecule has 2 aromatic carbocycles. The lowest BCUT2D eigenvalue weighted by Crippen LogP contribution is -2.37. The molecular weight excluding hydrogens is 442 g/mol. The monoisotopic (exact) mass is 479 g/mol. The van der Waals surface area contributed by atoms with Crippen molar-refractivity contribution in [2.45, 2.75) is 38.1 Å². The highest BCUT2D eigenvalue weighted by molar-refractivity contribution is 5.87. The summed E-state index contributed by atoms with van der Waals surface area (Å²) in [5.41, 5.74) is 3.63. The van der Waals surface area contributed by atoms with Gasteiger partial charge in [-0.05, 0) is 67.6 Å². The first kappa shape index (κ1) is 25.6. The zero-order valence-corrected chi connectivity index (χ0v) is 21.0. The number of likely N-dealkylation sites (tertiary alicyclic amines) is 1. The lowest BCUT2D eigenvalue weighted by molar-refractivity contribution is -0.116. The van der Waals surface area contributed by atoms with E-state index >= 15 is 0 Å². The molecule has 1 aliphatic heterocycles. The van der Waals surface area contributed by atoms with Gasteiger partial charge in [-0.15, -0.1) is 0 Å². The van der Waals surface area contributed by atoms with Crippen LogP contribution >= 0.6 is 0 Å². The Labute approximate surface area is 215 Å². The Balaban J connectivity index is 1.15. The van der Waals surface area contributed by atoms with Crippen molar-refractivity contribution in [1.82, 2.24) is 15.2 Å². The molecule has 36 heavy (non-hydrogen) atoms. The van der Waals surface area contributed by atoms with Crippen LogP contribution < -0.4 is 5.32 Å². The van der Waals surface area contributed by atoms with Crippen LogP contribution in [0.25, 0.3) is 6.08 Å². The number of carbonyl (C=O) groups excluding carboxylic acids is 1. The van der Waals surface area contributed by atoms with Crippen LogP contribution in [0.2, 0.25) is 0 Å². The van der Waals surface area contributed by atoms with Crippen LogP contribution in [-0.4, -0.2) is 35.4 Å². The fourth-order valence-corrected chi connectivity index (χ4v) is 4.98. The number of aromatic nitrogens is 1. The number of pyridine rings is 1. The van der Waals surface area contributed by atoms with E-state index in [2.05, 4.69) is 75.9 Å². The van der Waals surface area contributed by atoms with Gasteiger partial charge in [0.05, 0.1) is 11.7 Å². The summed E-state index contributed by atoms with van der Waals surface area (Å²) in [6.07, 6.45) is 14.7. The average molecular weight is 480 g/mol. The SMILES string of the molecule is O=C(C=CC=Cc1ccccn1)NCCCCC1CCN(C(c2ccccc2)c2ccccc2)CC1. The number of amides is 1. The topological polar surface area (TPSA) is 45.2 Å². The molecule has 1 aromatic heterocycles. The highest BCUT2D eigenvalue weighted by atomic mass is 16.1. The Bertz CT molecular complexity index is 1050. The summed E-state index contributed by atoms with van der Waals surface area (Å²) >= 11 is 0. The van der Waals surface area contributed by atoms with Crippen molar-refractivity contribution in [3.8, 4) is 0 Å². The third kappa shape index (κ3) is 8.03. The first-order valence-electron chi connectivity index (χ1n) is 13.2. The highest BCUT2D eigenvalue weighted by Gasteiger charge is 2.27. The summed E-state index contributed by atoms with van der Waals surface area (Å²) in [4.78, 5) is 18.9. The van der Waals surface area contributed by atoms with Crippen LogP contribution in [0, 0.1) is 5.92 Å². The minimum atomic E-state index is -0.0400. The molecular formula is C32H37N3O. The molecule has 0 spiro atoms. The van der Waals surface area contributed by atoms with Gasteiger partial charge in [0.15, 0.2) is 0 Å². The zero-order chi connectivity index (χ0) is 24.8. The molecule has 4 heteroatoms. The van der Waals surface area contributed by atoms with Crippen molar-refractivity contribution in [1.29, 1.82) is 0 Å². The number of hydrogen-bond donors (Lipinski definition) is 1. The number of rotatable bonds is 11. The molecule has 0 bridgehead atoms. The molecule has 0 aliphatic carbocycles. The lowest BCUT2D eigenvalue weighted by atomic mass is 9.88. The number of piperidine rings is 1. The number of unbranched alkanes of at least 4 members (excludes halogenated alkanes) is 1. The quantitative estimate of drug-likeness (QED) is 0.196. The normalized spacial score (nSPS) is 15.1. The molecule has 2 heterocycles. The van der Waals surface area contributed by atoms with E-state index in [9.17, 15) is 4.79 Å². The largest absolute Gasteiger partial charge is 0.353 e.